The SMILES string of the molecule is Cc1ccc(CCC(=O)NCCNC(=O)c2ccc(O)cc2)c(C)c1. The molecule has 2 aromatic rings. The van der Waals surface area contributed by atoms with E-state index in [1.165, 1.54) is 28.8 Å². The fraction of sp³-hybridized carbons (Fsp3) is 0.300. The molecule has 25 heavy (non-hydrogen) atoms. The fourth-order valence-electron chi connectivity index (χ4n) is 2.56. The first-order chi connectivity index (χ1) is 12.0. The van der Waals surface area contributed by atoms with Crippen LogP contribution in [0.2, 0.25) is 0 Å². The zero-order valence-corrected chi connectivity index (χ0v) is 14.6. The molecule has 0 heterocycles. The molecule has 0 spiro atoms. The van der Waals surface area contributed by atoms with Crippen LogP contribution in [-0.4, -0.2) is 30.0 Å². The predicted molar refractivity (Wildman–Crippen MR) is 97.7 cm³/mol. The zero-order valence-electron chi connectivity index (χ0n) is 14.6. The second-order valence-electron chi connectivity index (χ2n) is 6.08. The highest BCUT2D eigenvalue weighted by molar-refractivity contribution is 5.94. The van der Waals surface area contributed by atoms with E-state index >= 15 is 0 Å². The van der Waals surface area contributed by atoms with E-state index in [0.29, 0.717) is 31.5 Å². The molecule has 3 N–H and O–H groups in total. The summed E-state index contributed by atoms with van der Waals surface area (Å²) in [7, 11) is 0. The number of hydrogen-bond donors (Lipinski definition) is 3. The Balaban J connectivity index is 1.66. The summed E-state index contributed by atoms with van der Waals surface area (Å²) in [6.45, 7) is 4.85. The molecule has 2 aromatic carbocycles. The number of aromatic hydroxyl groups is 1. The lowest BCUT2D eigenvalue weighted by atomic mass is 10.0. The van der Waals surface area contributed by atoms with Gasteiger partial charge in [0.25, 0.3) is 5.91 Å². The van der Waals surface area contributed by atoms with Gasteiger partial charge in [-0.1, -0.05) is 23.8 Å². The molecule has 0 unspecified atom stereocenters. The van der Waals surface area contributed by atoms with Gasteiger partial charge in [-0.2, -0.15) is 0 Å². The smallest absolute Gasteiger partial charge is 0.251 e. The molecule has 0 saturated carbocycles. The Bertz CT molecular complexity index is 739. The molecule has 0 aromatic heterocycles. The summed E-state index contributed by atoms with van der Waals surface area (Å²) in [6, 6.07) is 12.3. The number of phenolic OH excluding ortho intramolecular Hbond substituents is 1. The van der Waals surface area contributed by atoms with Gasteiger partial charge < -0.3 is 15.7 Å². The molecule has 5 nitrogen and oxygen atoms in total. The van der Waals surface area contributed by atoms with Gasteiger partial charge in [0.2, 0.25) is 5.91 Å². The van der Waals surface area contributed by atoms with Crippen molar-refractivity contribution < 1.29 is 14.7 Å². The van der Waals surface area contributed by atoms with E-state index in [1.807, 2.05) is 0 Å². The van der Waals surface area contributed by atoms with Crippen molar-refractivity contribution in [3.05, 3.63) is 64.7 Å². The fourth-order valence-corrected chi connectivity index (χ4v) is 2.56. The molecule has 0 bridgehead atoms. The maximum Gasteiger partial charge on any atom is 0.251 e. The third-order valence-corrected chi connectivity index (χ3v) is 3.98. The van der Waals surface area contributed by atoms with Crippen LogP contribution in [0.15, 0.2) is 42.5 Å². The van der Waals surface area contributed by atoms with Crippen LogP contribution in [0, 0.1) is 13.8 Å². The van der Waals surface area contributed by atoms with Crippen molar-refractivity contribution in [1.29, 1.82) is 0 Å². The summed E-state index contributed by atoms with van der Waals surface area (Å²) in [5.41, 5.74) is 4.07. The lowest BCUT2D eigenvalue weighted by molar-refractivity contribution is -0.121. The molecule has 0 saturated heterocycles. The van der Waals surface area contributed by atoms with Crippen molar-refractivity contribution in [2.75, 3.05) is 13.1 Å². The number of rotatable bonds is 7. The van der Waals surface area contributed by atoms with Gasteiger partial charge in [-0.05, 0) is 55.7 Å². The molecule has 0 aliphatic carbocycles. The van der Waals surface area contributed by atoms with Gasteiger partial charge in [-0.15, -0.1) is 0 Å². The Labute approximate surface area is 148 Å². The van der Waals surface area contributed by atoms with Crippen molar-refractivity contribution in [3.8, 4) is 5.75 Å². The Morgan fingerprint density at radius 2 is 1.64 bits per heavy atom. The molecule has 0 radical (unpaired) electrons. The molecule has 0 fully saturated rings. The standard InChI is InChI=1S/C20H24N2O3/c1-14-3-4-16(15(2)13-14)7-10-19(24)21-11-12-22-20(25)17-5-8-18(23)9-6-17/h3-6,8-9,13,23H,7,10-12H2,1-2H3,(H,21,24)(H,22,25). The molecule has 0 aliphatic heterocycles. The van der Waals surface area contributed by atoms with Gasteiger partial charge >= 0.3 is 0 Å². The van der Waals surface area contributed by atoms with Crippen LogP contribution in [0.3, 0.4) is 0 Å². The maximum atomic E-state index is 11.9. The van der Waals surface area contributed by atoms with E-state index in [4.69, 9.17) is 0 Å². The summed E-state index contributed by atoms with van der Waals surface area (Å²) in [6.07, 6.45) is 1.13. The second kappa shape index (κ2) is 8.87. The first-order valence-electron chi connectivity index (χ1n) is 8.36. The van der Waals surface area contributed by atoms with Crippen LogP contribution in [-0.2, 0) is 11.2 Å². The minimum Gasteiger partial charge on any atom is -0.508 e. The number of benzene rings is 2. The number of carbonyl (C=O) groups excluding carboxylic acids is 2. The van der Waals surface area contributed by atoms with Crippen LogP contribution in [0.5, 0.6) is 5.75 Å². The van der Waals surface area contributed by atoms with Crippen LogP contribution in [0.4, 0.5) is 0 Å². The van der Waals surface area contributed by atoms with E-state index in [1.54, 1.807) is 12.1 Å². The lowest BCUT2D eigenvalue weighted by Gasteiger charge is -2.09. The number of carbonyl (C=O) groups is 2. The van der Waals surface area contributed by atoms with Crippen LogP contribution < -0.4 is 10.6 Å². The Kier molecular flexibility index (Phi) is 6.57. The van der Waals surface area contributed by atoms with E-state index in [0.717, 1.165) is 0 Å². The number of phenols is 1. The third kappa shape index (κ3) is 5.95. The van der Waals surface area contributed by atoms with E-state index in [2.05, 4.69) is 42.7 Å². The molecule has 0 atom stereocenters. The lowest BCUT2D eigenvalue weighted by Crippen LogP contribution is -2.34. The highest BCUT2D eigenvalue weighted by atomic mass is 16.3. The van der Waals surface area contributed by atoms with Gasteiger partial charge in [-0.3, -0.25) is 9.59 Å². The summed E-state index contributed by atoms with van der Waals surface area (Å²) >= 11 is 0. The molecule has 2 rings (SSSR count). The highest BCUT2D eigenvalue weighted by Crippen LogP contribution is 2.12. The molecule has 5 heteroatoms. The van der Waals surface area contributed by atoms with Crippen molar-refractivity contribution in [1.82, 2.24) is 10.6 Å². The van der Waals surface area contributed by atoms with Crippen molar-refractivity contribution in [2.45, 2.75) is 26.7 Å². The number of amides is 2. The summed E-state index contributed by atoms with van der Waals surface area (Å²) in [4.78, 5) is 23.8. The second-order valence-corrected chi connectivity index (χ2v) is 6.08. The molecule has 2 amide bonds. The Hall–Kier alpha value is -2.82. The largest absolute Gasteiger partial charge is 0.508 e. The maximum absolute atomic E-state index is 11.9. The minimum absolute atomic E-state index is 0.0288. The van der Waals surface area contributed by atoms with Gasteiger partial charge in [-0.25, -0.2) is 0 Å². The van der Waals surface area contributed by atoms with Crippen molar-refractivity contribution >= 4 is 11.8 Å². The molecular weight excluding hydrogens is 316 g/mol. The van der Waals surface area contributed by atoms with Crippen LogP contribution >= 0.6 is 0 Å². The topological polar surface area (TPSA) is 78.4 Å². The average Bonchev–Trinajstić information content (AvgIpc) is 2.58. The van der Waals surface area contributed by atoms with E-state index < -0.39 is 0 Å². The number of hydrogen-bond acceptors (Lipinski definition) is 3. The monoisotopic (exact) mass is 340 g/mol. The minimum atomic E-state index is -0.232. The van der Waals surface area contributed by atoms with Gasteiger partial charge in [0.05, 0.1) is 0 Å². The van der Waals surface area contributed by atoms with Gasteiger partial charge in [0.1, 0.15) is 5.75 Å². The van der Waals surface area contributed by atoms with Crippen molar-refractivity contribution in [3.63, 3.8) is 0 Å². The highest BCUT2D eigenvalue weighted by Gasteiger charge is 2.06. The zero-order chi connectivity index (χ0) is 18.2. The first-order valence-corrected chi connectivity index (χ1v) is 8.36. The van der Waals surface area contributed by atoms with Crippen LogP contribution in [0.1, 0.15) is 33.5 Å². The first kappa shape index (κ1) is 18.5. The number of aryl methyl sites for hydroxylation is 3. The normalized spacial score (nSPS) is 10.3. The Morgan fingerprint density at radius 1 is 0.960 bits per heavy atom. The Morgan fingerprint density at radius 3 is 2.32 bits per heavy atom. The van der Waals surface area contributed by atoms with Gasteiger partial charge in [0.15, 0.2) is 0 Å². The van der Waals surface area contributed by atoms with Crippen LogP contribution in [0.25, 0.3) is 0 Å². The van der Waals surface area contributed by atoms with Crippen molar-refractivity contribution in [2.24, 2.45) is 0 Å². The molecule has 132 valence electrons. The summed E-state index contributed by atoms with van der Waals surface area (Å²) < 4.78 is 0. The molecule has 0 aliphatic rings. The van der Waals surface area contributed by atoms with E-state index in [9.17, 15) is 14.7 Å². The summed E-state index contributed by atoms with van der Waals surface area (Å²) in [5, 5.41) is 14.7. The summed E-state index contributed by atoms with van der Waals surface area (Å²) in [5.74, 6) is -0.143. The third-order valence-electron chi connectivity index (χ3n) is 3.98. The predicted octanol–water partition coefficient (Wildman–Crippen LogP) is 2.49. The quantitative estimate of drug-likeness (QED) is 0.678. The average molecular weight is 340 g/mol. The number of nitrogens with one attached hydrogen (secondary N) is 2. The molecular formula is C20H24N2O3. The van der Waals surface area contributed by atoms with Gasteiger partial charge in [0, 0.05) is 25.1 Å². The van der Waals surface area contributed by atoms with E-state index in [-0.39, 0.29) is 17.6 Å².